The van der Waals surface area contributed by atoms with Crippen LogP contribution in [0, 0.1) is 5.82 Å². The molecule has 5 aromatic rings. The summed E-state index contributed by atoms with van der Waals surface area (Å²) in [6.07, 6.45) is 4.91. The minimum Gasteiger partial charge on any atom is -0.383 e. The third kappa shape index (κ3) is 4.66. The normalized spacial score (nSPS) is 14.9. The summed E-state index contributed by atoms with van der Waals surface area (Å²) in [6.45, 7) is 2.92. The Labute approximate surface area is 213 Å². The molecule has 0 amide bonds. The zero-order valence-electron chi connectivity index (χ0n) is 20.3. The molecule has 1 aromatic carbocycles. The second kappa shape index (κ2) is 9.68. The van der Waals surface area contributed by atoms with E-state index in [0.29, 0.717) is 40.2 Å². The number of aromatic nitrogens is 5. The molecular formula is C28H27FN8. The summed E-state index contributed by atoms with van der Waals surface area (Å²) in [5, 5.41) is 0. The lowest BCUT2D eigenvalue weighted by Gasteiger charge is -2.30. The van der Waals surface area contributed by atoms with Gasteiger partial charge in [0.25, 0.3) is 0 Å². The predicted octanol–water partition coefficient (Wildman–Crippen LogP) is 4.19. The lowest BCUT2D eigenvalue weighted by molar-refractivity contribution is 0.205. The lowest BCUT2D eigenvalue weighted by atomic mass is 10.1. The van der Waals surface area contributed by atoms with Gasteiger partial charge in [0.1, 0.15) is 17.2 Å². The number of nitrogens with two attached hydrogens (primary N) is 2. The van der Waals surface area contributed by atoms with Crippen LogP contribution in [0.1, 0.15) is 18.4 Å². The molecule has 0 bridgehead atoms. The van der Waals surface area contributed by atoms with Crippen LogP contribution in [0.15, 0.2) is 73.1 Å². The first-order valence-corrected chi connectivity index (χ1v) is 12.3. The summed E-state index contributed by atoms with van der Waals surface area (Å²) in [5.74, 6) is 0.645. The Kier molecular flexibility index (Phi) is 6.07. The van der Waals surface area contributed by atoms with E-state index in [-0.39, 0.29) is 0 Å². The van der Waals surface area contributed by atoms with E-state index in [1.807, 2.05) is 28.8 Å². The molecule has 4 aromatic heterocycles. The molecule has 1 aliphatic heterocycles. The maximum absolute atomic E-state index is 13.4. The number of nitrogen functional groups attached to an aromatic ring is 1. The van der Waals surface area contributed by atoms with E-state index >= 15 is 0 Å². The Morgan fingerprint density at radius 3 is 2.41 bits per heavy atom. The SMILES string of the molecule is Nc1ncccc1-c1nc2ccc(-c3ccc(F)cn3)nc2n1-c1ccc(CN2CCC(N)CC2)cc1. The molecule has 0 spiro atoms. The Bertz CT molecular complexity index is 1540. The second-order valence-corrected chi connectivity index (χ2v) is 9.39. The van der Waals surface area contributed by atoms with Gasteiger partial charge in [-0.1, -0.05) is 12.1 Å². The summed E-state index contributed by atoms with van der Waals surface area (Å²) >= 11 is 0. The average molecular weight is 495 g/mol. The van der Waals surface area contributed by atoms with Crippen molar-refractivity contribution in [2.24, 2.45) is 5.73 Å². The van der Waals surface area contributed by atoms with Crippen molar-refractivity contribution in [2.75, 3.05) is 18.8 Å². The van der Waals surface area contributed by atoms with Crippen LogP contribution in [0.25, 0.3) is 39.6 Å². The zero-order chi connectivity index (χ0) is 25.4. The number of hydrogen-bond acceptors (Lipinski definition) is 7. The van der Waals surface area contributed by atoms with Crippen LogP contribution in [-0.4, -0.2) is 48.5 Å². The Balaban J connectivity index is 1.43. The molecule has 6 rings (SSSR count). The second-order valence-electron chi connectivity index (χ2n) is 9.39. The molecule has 0 aliphatic carbocycles. The number of pyridine rings is 3. The van der Waals surface area contributed by atoms with E-state index in [9.17, 15) is 4.39 Å². The van der Waals surface area contributed by atoms with Crippen molar-refractivity contribution in [3.05, 3.63) is 84.4 Å². The molecule has 37 heavy (non-hydrogen) atoms. The van der Waals surface area contributed by atoms with Gasteiger partial charge in [0.15, 0.2) is 11.5 Å². The standard InChI is InChI=1S/C28H27FN8/c29-19-5-8-23(33-16-19)24-9-10-25-28(34-24)37(27(35-25)22-2-1-13-32-26(22)31)21-6-3-18(4-7-21)17-36-14-11-20(30)12-15-36/h1-10,13,16,20H,11-12,14-15,17,30H2,(H2,31,32). The fourth-order valence-electron chi connectivity index (χ4n) is 4.78. The predicted molar refractivity (Wildman–Crippen MR) is 142 cm³/mol. The third-order valence-corrected chi connectivity index (χ3v) is 6.81. The highest BCUT2D eigenvalue weighted by Gasteiger charge is 2.20. The van der Waals surface area contributed by atoms with Gasteiger partial charge in [-0.3, -0.25) is 14.5 Å². The van der Waals surface area contributed by atoms with Gasteiger partial charge in [0.05, 0.1) is 23.1 Å². The fourth-order valence-corrected chi connectivity index (χ4v) is 4.78. The molecular weight excluding hydrogens is 467 g/mol. The van der Waals surface area contributed by atoms with Crippen LogP contribution in [-0.2, 0) is 6.54 Å². The van der Waals surface area contributed by atoms with E-state index in [2.05, 4.69) is 39.1 Å². The first-order chi connectivity index (χ1) is 18.0. The van der Waals surface area contributed by atoms with Crippen LogP contribution in [0.2, 0.25) is 0 Å². The summed E-state index contributed by atoms with van der Waals surface area (Å²) in [7, 11) is 0. The van der Waals surface area contributed by atoms with Crippen molar-refractivity contribution in [1.82, 2.24) is 29.4 Å². The van der Waals surface area contributed by atoms with E-state index in [4.69, 9.17) is 21.4 Å². The van der Waals surface area contributed by atoms with Crippen molar-refractivity contribution >= 4 is 17.0 Å². The first kappa shape index (κ1) is 23.2. The molecule has 0 atom stereocenters. The summed E-state index contributed by atoms with van der Waals surface area (Å²) in [4.78, 5) is 20.7. The van der Waals surface area contributed by atoms with Gasteiger partial charge >= 0.3 is 0 Å². The maximum atomic E-state index is 13.4. The molecule has 8 nitrogen and oxygen atoms in total. The van der Waals surface area contributed by atoms with E-state index < -0.39 is 5.82 Å². The number of nitrogens with zero attached hydrogens (tertiary/aromatic N) is 6. The highest BCUT2D eigenvalue weighted by Crippen LogP contribution is 2.31. The van der Waals surface area contributed by atoms with Gasteiger partial charge in [-0.2, -0.15) is 0 Å². The topological polar surface area (TPSA) is 112 Å². The average Bonchev–Trinajstić information content (AvgIpc) is 3.30. The number of benzene rings is 1. The van der Waals surface area contributed by atoms with Gasteiger partial charge in [0, 0.05) is 24.5 Å². The van der Waals surface area contributed by atoms with Crippen LogP contribution < -0.4 is 11.5 Å². The monoisotopic (exact) mass is 494 g/mol. The minimum absolute atomic E-state index is 0.314. The van der Waals surface area contributed by atoms with Crippen LogP contribution in [0.5, 0.6) is 0 Å². The number of likely N-dealkylation sites (tertiary alicyclic amines) is 1. The largest absolute Gasteiger partial charge is 0.383 e. The molecule has 5 heterocycles. The van der Waals surface area contributed by atoms with Crippen LogP contribution >= 0.6 is 0 Å². The van der Waals surface area contributed by atoms with Gasteiger partial charge in [-0.15, -0.1) is 0 Å². The van der Waals surface area contributed by atoms with Crippen molar-refractivity contribution in [3.63, 3.8) is 0 Å². The smallest absolute Gasteiger partial charge is 0.165 e. The van der Waals surface area contributed by atoms with Gasteiger partial charge < -0.3 is 11.5 Å². The number of fused-ring (bicyclic) bond motifs is 1. The Morgan fingerprint density at radius 1 is 0.892 bits per heavy atom. The van der Waals surface area contributed by atoms with Gasteiger partial charge in [-0.05, 0) is 80.0 Å². The van der Waals surface area contributed by atoms with Crippen molar-refractivity contribution < 1.29 is 4.39 Å². The number of rotatable bonds is 5. The van der Waals surface area contributed by atoms with Crippen LogP contribution in [0.4, 0.5) is 10.2 Å². The zero-order valence-corrected chi connectivity index (χ0v) is 20.3. The Morgan fingerprint density at radius 2 is 1.68 bits per heavy atom. The van der Waals surface area contributed by atoms with Gasteiger partial charge in [0.2, 0.25) is 0 Å². The summed E-state index contributed by atoms with van der Waals surface area (Å²) in [6, 6.07) is 19.2. The van der Waals surface area contributed by atoms with Gasteiger partial charge in [-0.25, -0.2) is 19.3 Å². The summed E-state index contributed by atoms with van der Waals surface area (Å²) in [5.41, 5.74) is 17.7. The third-order valence-electron chi connectivity index (χ3n) is 6.81. The van der Waals surface area contributed by atoms with E-state index in [1.165, 1.54) is 17.8 Å². The fraction of sp³-hybridized carbons (Fsp3) is 0.214. The number of hydrogen-bond donors (Lipinski definition) is 2. The lowest BCUT2D eigenvalue weighted by Crippen LogP contribution is -2.39. The first-order valence-electron chi connectivity index (χ1n) is 12.3. The molecule has 1 fully saturated rings. The molecule has 4 N–H and O–H groups in total. The Hall–Kier alpha value is -4.21. The highest BCUT2D eigenvalue weighted by molar-refractivity contribution is 5.84. The number of anilines is 1. The highest BCUT2D eigenvalue weighted by atomic mass is 19.1. The van der Waals surface area contributed by atoms with Crippen molar-refractivity contribution in [3.8, 4) is 28.5 Å². The molecule has 0 radical (unpaired) electrons. The summed E-state index contributed by atoms with van der Waals surface area (Å²) < 4.78 is 15.4. The minimum atomic E-state index is -0.392. The number of piperidine rings is 1. The maximum Gasteiger partial charge on any atom is 0.165 e. The number of imidazole rings is 1. The molecule has 1 saturated heterocycles. The van der Waals surface area contributed by atoms with E-state index in [0.717, 1.165) is 43.7 Å². The quantitative estimate of drug-likeness (QED) is 0.377. The number of halogens is 1. The molecule has 0 unspecified atom stereocenters. The molecule has 0 saturated carbocycles. The molecule has 186 valence electrons. The van der Waals surface area contributed by atoms with Crippen molar-refractivity contribution in [2.45, 2.75) is 25.4 Å². The molecule has 9 heteroatoms. The van der Waals surface area contributed by atoms with Crippen molar-refractivity contribution in [1.29, 1.82) is 0 Å². The molecule has 1 aliphatic rings. The van der Waals surface area contributed by atoms with E-state index in [1.54, 1.807) is 12.3 Å². The van der Waals surface area contributed by atoms with Crippen LogP contribution in [0.3, 0.4) is 0 Å².